The van der Waals surface area contributed by atoms with Crippen molar-refractivity contribution in [3.63, 3.8) is 0 Å². The summed E-state index contributed by atoms with van der Waals surface area (Å²) in [5.41, 5.74) is 0. The molecule has 2 atom stereocenters. The zero-order valence-electron chi connectivity index (χ0n) is 8.74. The molecule has 0 aliphatic rings. The minimum atomic E-state index is -0.976. The van der Waals surface area contributed by atoms with Crippen LogP contribution in [0.1, 0.15) is 20.3 Å². The van der Waals surface area contributed by atoms with E-state index in [0.717, 1.165) is 6.42 Å². The summed E-state index contributed by atoms with van der Waals surface area (Å²) in [5.74, 6) is -0.888. The Bertz CT molecular complexity index is 208. The van der Waals surface area contributed by atoms with Crippen molar-refractivity contribution < 1.29 is 14.7 Å². The van der Waals surface area contributed by atoms with Crippen LogP contribution in [-0.2, 0) is 9.59 Å². The summed E-state index contributed by atoms with van der Waals surface area (Å²) in [4.78, 5) is 22.1. The fourth-order valence-electron chi connectivity index (χ4n) is 0.841. The third kappa shape index (κ3) is 4.50. The van der Waals surface area contributed by atoms with Crippen LogP contribution in [0.5, 0.6) is 0 Å². The van der Waals surface area contributed by atoms with E-state index in [0.29, 0.717) is 5.75 Å². The van der Waals surface area contributed by atoms with Gasteiger partial charge in [0, 0.05) is 11.7 Å². The summed E-state index contributed by atoms with van der Waals surface area (Å²) >= 11 is 1.40. The van der Waals surface area contributed by atoms with Gasteiger partial charge in [-0.2, -0.15) is 11.8 Å². The van der Waals surface area contributed by atoms with Gasteiger partial charge in [-0.15, -0.1) is 0 Å². The summed E-state index contributed by atoms with van der Waals surface area (Å²) in [6.45, 7) is 3.68. The van der Waals surface area contributed by atoms with Crippen molar-refractivity contribution >= 4 is 23.6 Å². The van der Waals surface area contributed by atoms with E-state index in [9.17, 15) is 9.59 Å². The SMILES string of the molecule is CCC(C)C(=O)N[C@H](CSC)C(=O)O. The molecule has 1 unspecified atom stereocenters. The topological polar surface area (TPSA) is 66.4 Å². The lowest BCUT2D eigenvalue weighted by Crippen LogP contribution is -2.44. The molecular weight excluding hydrogens is 202 g/mol. The number of hydrogen-bond acceptors (Lipinski definition) is 3. The number of carboxylic acid groups (broad SMARTS) is 1. The molecule has 0 aliphatic heterocycles. The van der Waals surface area contributed by atoms with Crippen LogP contribution in [0, 0.1) is 5.92 Å². The van der Waals surface area contributed by atoms with Crippen molar-refractivity contribution in [2.75, 3.05) is 12.0 Å². The van der Waals surface area contributed by atoms with E-state index >= 15 is 0 Å². The van der Waals surface area contributed by atoms with Gasteiger partial charge in [0.2, 0.25) is 5.91 Å². The summed E-state index contributed by atoms with van der Waals surface area (Å²) in [5, 5.41) is 11.3. The number of carboxylic acids is 1. The molecule has 0 aliphatic carbocycles. The van der Waals surface area contributed by atoms with Crippen LogP contribution in [0.4, 0.5) is 0 Å². The van der Waals surface area contributed by atoms with Gasteiger partial charge >= 0.3 is 5.97 Å². The van der Waals surface area contributed by atoms with Gasteiger partial charge in [0.25, 0.3) is 0 Å². The van der Waals surface area contributed by atoms with Gasteiger partial charge in [-0.25, -0.2) is 4.79 Å². The molecule has 0 radical (unpaired) electrons. The van der Waals surface area contributed by atoms with Gasteiger partial charge in [-0.3, -0.25) is 4.79 Å². The summed E-state index contributed by atoms with van der Waals surface area (Å²) < 4.78 is 0. The quantitative estimate of drug-likeness (QED) is 0.698. The smallest absolute Gasteiger partial charge is 0.327 e. The number of thioether (sulfide) groups is 1. The number of aliphatic carboxylic acids is 1. The van der Waals surface area contributed by atoms with Crippen LogP contribution in [-0.4, -0.2) is 35.0 Å². The maximum absolute atomic E-state index is 11.4. The van der Waals surface area contributed by atoms with Crippen molar-refractivity contribution in [2.45, 2.75) is 26.3 Å². The Labute approximate surface area is 88.4 Å². The molecule has 0 fully saturated rings. The van der Waals surface area contributed by atoms with Crippen LogP contribution in [0.3, 0.4) is 0 Å². The average Bonchev–Trinajstić information content (AvgIpc) is 2.15. The second kappa shape index (κ2) is 6.70. The van der Waals surface area contributed by atoms with Crippen molar-refractivity contribution in [1.29, 1.82) is 0 Å². The lowest BCUT2D eigenvalue weighted by atomic mass is 10.1. The van der Waals surface area contributed by atoms with E-state index in [2.05, 4.69) is 5.32 Å². The second-order valence-corrected chi connectivity index (χ2v) is 4.07. The molecule has 2 N–H and O–H groups in total. The van der Waals surface area contributed by atoms with Crippen LogP contribution in [0.15, 0.2) is 0 Å². The Hall–Kier alpha value is -0.710. The third-order valence-corrected chi connectivity index (χ3v) is 2.67. The van der Waals surface area contributed by atoms with Gasteiger partial charge < -0.3 is 10.4 Å². The van der Waals surface area contributed by atoms with Gasteiger partial charge in [-0.1, -0.05) is 13.8 Å². The summed E-state index contributed by atoms with van der Waals surface area (Å²) in [6.07, 6.45) is 2.53. The zero-order chi connectivity index (χ0) is 11.1. The number of carbonyl (C=O) groups is 2. The van der Waals surface area contributed by atoms with Crippen molar-refractivity contribution in [3.05, 3.63) is 0 Å². The highest BCUT2D eigenvalue weighted by molar-refractivity contribution is 7.98. The van der Waals surface area contributed by atoms with E-state index in [-0.39, 0.29) is 11.8 Å². The standard InChI is InChI=1S/C9H17NO3S/c1-4-6(2)8(11)10-7(5-14-3)9(12)13/h6-7H,4-5H2,1-3H3,(H,10,11)(H,12,13)/t6?,7-/m1/s1. The predicted octanol–water partition coefficient (Wildman–Crippen LogP) is 0.965. The number of nitrogens with one attached hydrogen (secondary N) is 1. The van der Waals surface area contributed by atoms with Crippen LogP contribution in [0.2, 0.25) is 0 Å². The molecule has 5 heteroatoms. The van der Waals surface area contributed by atoms with E-state index in [1.807, 2.05) is 13.2 Å². The largest absolute Gasteiger partial charge is 0.480 e. The van der Waals surface area contributed by atoms with Gasteiger partial charge in [0.1, 0.15) is 6.04 Å². The molecule has 0 aromatic heterocycles. The molecule has 0 heterocycles. The molecule has 0 bridgehead atoms. The fraction of sp³-hybridized carbons (Fsp3) is 0.778. The highest BCUT2D eigenvalue weighted by atomic mass is 32.2. The number of amides is 1. The Balaban J connectivity index is 4.15. The molecule has 0 aromatic carbocycles. The minimum absolute atomic E-state index is 0.126. The van der Waals surface area contributed by atoms with E-state index in [1.165, 1.54) is 11.8 Å². The maximum Gasteiger partial charge on any atom is 0.327 e. The molecule has 0 saturated heterocycles. The predicted molar refractivity (Wildman–Crippen MR) is 57.4 cm³/mol. The normalized spacial score (nSPS) is 14.5. The highest BCUT2D eigenvalue weighted by Gasteiger charge is 2.21. The van der Waals surface area contributed by atoms with E-state index in [4.69, 9.17) is 5.11 Å². The van der Waals surface area contributed by atoms with Crippen LogP contribution in [0.25, 0.3) is 0 Å². The molecule has 1 amide bonds. The first kappa shape index (κ1) is 13.3. The maximum atomic E-state index is 11.4. The Morgan fingerprint density at radius 2 is 2.07 bits per heavy atom. The molecule has 0 spiro atoms. The van der Waals surface area contributed by atoms with Crippen molar-refractivity contribution in [2.24, 2.45) is 5.92 Å². The Morgan fingerprint density at radius 3 is 2.43 bits per heavy atom. The number of rotatable bonds is 6. The molecule has 0 rings (SSSR count). The molecule has 0 aromatic rings. The van der Waals surface area contributed by atoms with Gasteiger partial charge in [-0.05, 0) is 12.7 Å². The second-order valence-electron chi connectivity index (χ2n) is 3.16. The molecule has 0 saturated carbocycles. The Morgan fingerprint density at radius 1 is 1.50 bits per heavy atom. The summed E-state index contributed by atoms with van der Waals surface area (Å²) in [7, 11) is 0. The Kier molecular flexibility index (Phi) is 6.36. The third-order valence-electron chi connectivity index (χ3n) is 2.01. The lowest BCUT2D eigenvalue weighted by Gasteiger charge is -2.15. The average molecular weight is 219 g/mol. The van der Waals surface area contributed by atoms with Crippen molar-refractivity contribution in [3.8, 4) is 0 Å². The first-order valence-corrected chi connectivity index (χ1v) is 5.94. The van der Waals surface area contributed by atoms with Crippen LogP contribution < -0.4 is 5.32 Å². The van der Waals surface area contributed by atoms with E-state index < -0.39 is 12.0 Å². The molecule has 4 nitrogen and oxygen atoms in total. The first-order chi connectivity index (χ1) is 6.52. The van der Waals surface area contributed by atoms with Gasteiger partial charge in [0.15, 0.2) is 0 Å². The molecular formula is C9H17NO3S. The fourth-order valence-corrected chi connectivity index (χ4v) is 1.40. The monoisotopic (exact) mass is 219 g/mol. The zero-order valence-corrected chi connectivity index (χ0v) is 9.56. The molecule has 14 heavy (non-hydrogen) atoms. The van der Waals surface area contributed by atoms with Crippen molar-refractivity contribution in [1.82, 2.24) is 5.32 Å². The number of carbonyl (C=O) groups excluding carboxylic acids is 1. The lowest BCUT2D eigenvalue weighted by molar-refractivity contribution is -0.141. The van der Waals surface area contributed by atoms with Gasteiger partial charge in [0.05, 0.1) is 0 Å². The first-order valence-electron chi connectivity index (χ1n) is 4.55. The minimum Gasteiger partial charge on any atom is -0.480 e. The van der Waals surface area contributed by atoms with Crippen LogP contribution >= 0.6 is 11.8 Å². The van der Waals surface area contributed by atoms with E-state index in [1.54, 1.807) is 6.92 Å². The number of hydrogen-bond donors (Lipinski definition) is 2. The highest BCUT2D eigenvalue weighted by Crippen LogP contribution is 2.03. The molecule has 82 valence electrons. The summed E-state index contributed by atoms with van der Waals surface area (Å²) in [6, 6.07) is -0.772.